The SMILES string of the molecule is C[Si]1(C)c2cc(O)ccc2C(c2ccccc2C(=O)NCCN2CCNCCNCCNCC2)c2ccc(O)cc21. The molecule has 0 aliphatic carbocycles. The van der Waals surface area contributed by atoms with Gasteiger partial charge in [0.25, 0.3) is 5.91 Å². The molecule has 0 bridgehead atoms. The van der Waals surface area contributed by atoms with Crippen LogP contribution in [0.25, 0.3) is 0 Å². The van der Waals surface area contributed by atoms with Gasteiger partial charge in [0.05, 0.1) is 0 Å². The normalized spacial score (nSPS) is 18.4. The summed E-state index contributed by atoms with van der Waals surface area (Å²) in [7, 11) is -2.21. The van der Waals surface area contributed by atoms with Crippen molar-refractivity contribution >= 4 is 24.4 Å². The molecule has 0 radical (unpaired) electrons. The number of phenols is 2. The third-order valence-corrected chi connectivity index (χ3v) is 12.0. The standard InChI is InChI=1S/C32H43N5O3Si/c1-41(2)29-21-23(38)7-9-27(29)31(28-10-8-24(39)22-30(28)41)25-5-3-4-6-26(25)32(40)36-17-20-37-18-15-34-13-11-33-12-14-35-16-19-37/h3-10,21-22,31,33-35,38-39H,11-20H2,1-2H3,(H,36,40). The van der Waals surface area contributed by atoms with Crippen molar-refractivity contribution in [3.63, 3.8) is 0 Å². The van der Waals surface area contributed by atoms with Crippen LogP contribution in [-0.2, 0) is 0 Å². The molecule has 0 spiro atoms. The minimum Gasteiger partial charge on any atom is -0.508 e. The molecule has 0 unspecified atom stereocenters. The molecule has 1 saturated heterocycles. The fourth-order valence-corrected chi connectivity index (χ4v) is 9.45. The van der Waals surface area contributed by atoms with Gasteiger partial charge >= 0.3 is 0 Å². The van der Waals surface area contributed by atoms with E-state index in [0.717, 1.165) is 86.0 Å². The van der Waals surface area contributed by atoms with E-state index in [1.165, 1.54) is 0 Å². The molecule has 6 N–H and O–H groups in total. The molecule has 1 fully saturated rings. The number of aromatic hydroxyl groups is 2. The van der Waals surface area contributed by atoms with Gasteiger partial charge in [0.2, 0.25) is 0 Å². The first kappa shape index (κ1) is 29.3. The second kappa shape index (κ2) is 13.2. The van der Waals surface area contributed by atoms with Crippen molar-refractivity contribution in [2.24, 2.45) is 0 Å². The van der Waals surface area contributed by atoms with Crippen LogP contribution in [0.15, 0.2) is 60.7 Å². The quantitative estimate of drug-likeness (QED) is 0.255. The summed E-state index contributed by atoms with van der Waals surface area (Å²) in [4.78, 5) is 16.1. The van der Waals surface area contributed by atoms with Gasteiger partial charge in [-0.1, -0.05) is 43.4 Å². The van der Waals surface area contributed by atoms with E-state index in [4.69, 9.17) is 0 Å². The number of rotatable bonds is 5. The van der Waals surface area contributed by atoms with E-state index in [1.807, 2.05) is 48.5 Å². The van der Waals surface area contributed by atoms with Gasteiger partial charge in [0.1, 0.15) is 19.6 Å². The lowest BCUT2D eigenvalue weighted by Crippen LogP contribution is -2.59. The molecule has 218 valence electrons. The maximum Gasteiger partial charge on any atom is 0.251 e. The van der Waals surface area contributed by atoms with Crippen LogP contribution in [0.2, 0.25) is 13.1 Å². The molecular weight excluding hydrogens is 530 g/mol. The summed E-state index contributed by atoms with van der Waals surface area (Å²) in [6.07, 6.45) is 0. The number of benzene rings is 3. The fraction of sp³-hybridized carbons (Fsp3) is 0.406. The highest BCUT2D eigenvalue weighted by molar-refractivity contribution is 7.01. The number of phenolic OH excluding ortho intramolecular Hbond substituents is 2. The molecule has 0 atom stereocenters. The fourth-order valence-electron chi connectivity index (χ4n) is 6.24. The van der Waals surface area contributed by atoms with E-state index in [2.05, 4.69) is 39.3 Å². The molecule has 2 heterocycles. The van der Waals surface area contributed by atoms with Crippen LogP contribution in [0.4, 0.5) is 0 Å². The zero-order valence-corrected chi connectivity index (χ0v) is 25.2. The van der Waals surface area contributed by atoms with Crippen LogP contribution in [-0.4, -0.2) is 94.5 Å². The van der Waals surface area contributed by atoms with Gasteiger partial charge in [-0.15, -0.1) is 0 Å². The van der Waals surface area contributed by atoms with E-state index >= 15 is 0 Å². The highest BCUT2D eigenvalue weighted by Gasteiger charge is 2.41. The Hall–Kier alpha value is -3.21. The summed E-state index contributed by atoms with van der Waals surface area (Å²) < 4.78 is 0. The summed E-state index contributed by atoms with van der Waals surface area (Å²) >= 11 is 0. The summed E-state index contributed by atoms with van der Waals surface area (Å²) in [5.41, 5.74) is 3.82. The van der Waals surface area contributed by atoms with Crippen LogP contribution in [0.3, 0.4) is 0 Å². The molecule has 41 heavy (non-hydrogen) atoms. The number of nitrogens with zero attached hydrogens (tertiary/aromatic N) is 1. The molecule has 0 saturated carbocycles. The van der Waals surface area contributed by atoms with Crippen molar-refractivity contribution in [2.75, 3.05) is 65.4 Å². The van der Waals surface area contributed by atoms with Crippen LogP contribution in [0.1, 0.15) is 33.0 Å². The Kier molecular flexibility index (Phi) is 9.41. The van der Waals surface area contributed by atoms with Crippen molar-refractivity contribution in [3.05, 3.63) is 82.9 Å². The first-order chi connectivity index (χ1) is 19.9. The highest BCUT2D eigenvalue weighted by atomic mass is 28.3. The molecule has 9 heteroatoms. The Morgan fingerprint density at radius 2 is 1.34 bits per heavy atom. The van der Waals surface area contributed by atoms with E-state index < -0.39 is 8.07 Å². The molecule has 5 rings (SSSR count). The lowest BCUT2D eigenvalue weighted by atomic mass is 9.82. The number of amides is 1. The maximum absolute atomic E-state index is 13.7. The highest BCUT2D eigenvalue weighted by Crippen LogP contribution is 2.38. The number of fused-ring (bicyclic) bond motifs is 2. The van der Waals surface area contributed by atoms with E-state index in [-0.39, 0.29) is 23.3 Å². The summed E-state index contributed by atoms with van der Waals surface area (Å²) in [5.74, 6) is 0.216. The average Bonchev–Trinajstić information content (AvgIpc) is 2.95. The van der Waals surface area contributed by atoms with Gasteiger partial charge in [0.15, 0.2) is 0 Å². The van der Waals surface area contributed by atoms with E-state index in [0.29, 0.717) is 12.1 Å². The number of hydrogen-bond acceptors (Lipinski definition) is 7. The largest absolute Gasteiger partial charge is 0.508 e. The Labute approximate surface area is 244 Å². The predicted molar refractivity (Wildman–Crippen MR) is 168 cm³/mol. The van der Waals surface area contributed by atoms with Crippen molar-refractivity contribution < 1.29 is 15.0 Å². The Balaban J connectivity index is 1.37. The Bertz CT molecular complexity index is 1300. The lowest BCUT2D eigenvalue weighted by Gasteiger charge is -2.39. The second-order valence-electron chi connectivity index (χ2n) is 11.5. The number of carbonyl (C=O) groups excluding carboxylic acids is 1. The van der Waals surface area contributed by atoms with Crippen molar-refractivity contribution in [1.82, 2.24) is 26.2 Å². The van der Waals surface area contributed by atoms with Crippen LogP contribution >= 0.6 is 0 Å². The van der Waals surface area contributed by atoms with Crippen molar-refractivity contribution in [3.8, 4) is 11.5 Å². The molecule has 3 aromatic rings. The van der Waals surface area contributed by atoms with Gasteiger partial charge in [0, 0.05) is 76.9 Å². The minimum atomic E-state index is -2.21. The predicted octanol–water partition coefficient (Wildman–Crippen LogP) is 1.23. The van der Waals surface area contributed by atoms with Crippen LogP contribution < -0.4 is 31.6 Å². The molecule has 2 aliphatic heterocycles. The smallest absolute Gasteiger partial charge is 0.251 e. The molecule has 8 nitrogen and oxygen atoms in total. The average molecular weight is 574 g/mol. The first-order valence-electron chi connectivity index (χ1n) is 14.7. The molecule has 0 aromatic heterocycles. The third kappa shape index (κ3) is 6.66. The Morgan fingerprint density at radius 1 is 0.805 bits per heavy atom. The molecule has 1 amide bonds. The van der Waals surface area contributed by atoms with Gasteiger partial charge in [-0.2, -0.15) is 0 Å². The van der Waals surface area contributed by atoms with Crippen molar-refractivity contribution in [1.29, 1.82) is 0 Å². The zero-order valence-electron chi connectivity index (χ0n) is 24.2. The van der Waals surface area contributed by atoms with Gasteiger partial charge in [-0.3, -0.25) is 9.69 Å². The van der Waals surface area contributed by atoms with E-state index in [9.17, 15) is 15.0 Å². The zero-order chi connectivity index (χ0) is 28.8. The van der Waals surface area contributed by atoms with Crippen LogP contribution in [0.5, 0.6) is 11.5 Å². The van der Waals surface area contributed by atoms with Crippen molar-refractivity contribution in [2.45, 2.75) is 19.0 Å². The van der Waals surface area contributed by atoms with Gasteiger partial charge in [-0.25, -0.2) is 0 Å². The number of nitrogens with one attached hydrogen (secondary N) is 4. The molecule has 3 aromatic carbocycles. The molecular formula is C32H43N5O3Si. The number of carbonyl (C=O) groups is 1. The number of hydrogen-bond donors (Lipinski definition) is 6. The first-order valence-corrected chi connectivity index (χ1v) is 17.7. The molecule has 2 aliphatic rings. The third-order valence-electron chi connectivity index (χ3n) is 8.44. The summed E-state index contributed by atoms with van der Waals surface area (Å²) in [6.45, 7) is 13.4. The monoisotopic (exact) mass is 573 g/mol. The maximum atomic E-state index is 13.7. The van der Waals surface area contributed by atoms with Gasteiger partial charge < -0.3 is 31.5 Å². The second-order valence-corrected chi connectivity index (χ2v) is 15.9. The minimum absolute atomic E-state index is 0.0833. The van der Waals surface area contributed by atoms with E-state index in [1.54, 1.807) is 12.1 Å². The summed E-state index contributed by atoms with van der Waals surface area (Å²) in [5, 5.41) is 36.7. The summed E-state index contributed by atoms with van der Waals surface area (Å²) in [6, 6.07) is 19.1. The lowest BCUT2D eigenvalue weighted by molar-refractivity contribution is 0.0947. The van der Waals surface area contributed by atoms with Crippen LogP contribution in [0, 0.1) is 0 Å². The topological polar surface area (TPSA) is 109 Å². The van der Waals surface area contributed by atoms with Gasteiger partial charge in [-0.05, 0) is 57.4 Å². The Morgan fingerprint density at radius 3 is 1.93 bits per heavy atom.